The van der Waals surface area contributed by atoms with Gasteiger partial charge in [0.05, 0.1) is 0 Å². The maximum absolute atomic E-state index is 12.9. The Bertz CT molecular complexity index is 753. The molecule has 0 aliphatic carbocycles. The summed E-state index contributed by atoms with van der Waals surface area (Å²) >= 11 is 0. The van der Waals surface area contributed by atoms with E-state index in [1.54, 1.807) is 18.2 Å². The van der Waals surface area contributed by atoms with Gasteiger partial charge in [-0.1, -0.05) is 30.3 Å². The average Bonchev–Trinajstić information content (AvgIpc) is 2.72. The minimum absolute atomic E-state index is 0.130. The Hall–Kier alpha value is -2.66. The zero-order valence-electron chi connectivity index (χ0n) is 15.6. The highest BCUT2D eigenvalue weighted by molar-refractivity contribution is 5.91. The van der Waals surface area contributed by atoms with Crippen molar-refractivity contribution >= 4 is 17.7 Å². The molecule has 1 aliphatic heterocycles. The molecule has 1 atom stereocenters. The molecule has 27 heavy (non-hydrogen) atoms. The number of halogens is 1. The van der Waals surface area contributed by atoms with Crippen molar-refractivity contribution in [1.29, 1.82) is 0 Å². The van der Waals surface area contributed by atoms with E-state index in [1.165, 1.54) is 23.9 Å². The summed E-state index contributed by atoms with van der Waals surface area (Å²) in [6, 6.07) is 16.8. The van der Waals surface area contributed by atoms with E-state index in [9.17, 15) is 9.18 Å². The monoisotopic (exact) mass is 367 g/mol. The van der Waals surface area contributed by atoms with Crippen LogP contribution in [-0.4, -0.2) is 49.6 Å². The van der Waals surface area contributed by atoms with E-state index in [-0.39, 0.29) is 17.8 Å². The lowest BCUT2D eigenvalue weighted by molar-refractivity contribution is -0.116. The molecule has 0 aromatic heterocycles. The van der Waals surface area contributed by atoms with Gasteiger partial charge in [0.15, 0.2) is 0 Å². The Morgan fingerprint density at radius 1 is 1.07 bits per heavy atom. The molecule has 1 heterocycles. The van der Waals surface area contributed by atoms with Gasteiger partial charge in [-0.25, -0.2) is 4.39 Å². The summed E-state index contributed by atoms with van der Waals surface area (Å²) in [6.07, 6.45) is 3.19. The topological polar surface area (TPSA) is 35.6 Å². The number of para-hydroxylation sites is 1. The number of anilines is 1. The fourth-order valence-electron chi connectivity index (χ4n) is 3.24. The van der Waals surface area contributed by atoms with Crippen molar-refractivity contribution in [3.8, 4) is 0 Å². The Labute approximate surface area is 160 Å². The molecule has 1 aliphatic rings. The molecule has 1 N–H and O–H groups in total. The Morgan fingerprint density at radius 2 is 1.74 bits per heavy atom. The Balaban J connectivity index is 1.41. The van der Waals surface area contributed by atoms with Gasteiger partial charge in [-0.3, -0.25) is 9.69 Å². The van der Waals surface area contributed by atoms with E-state index in [0.29, 0.717) is 6.54 Å². The van der Waals surface area contributed by atoms with Crippen LogP contribution >= 0.6 is 0 Å². The normalized spacial score (nSPS) is 16.4. The molecule has 0 bridgehead atoms. The third-order valence-corrected chi connectivity index (χ3v) is 4.93. The number of benzene rings is 2. The summed E-state index contributed by atoms with van der Waals surface area (Å²) in [5, 5.41) is 2.95. The summed E-state index contributed by atoms with van der Waals surface area (Å²) in [7, 11) is 0. The van der Waals surface area contributed by atoms with Crippen LogP contribution in [0, 0.1) is 5.82 Å². The minimum Gasteiger partial charge on any atom is -0.369 e. The summed E-state index contributed by atoms with van der Waals surface area (Å²) in [5.74, 6) is -0.410. The van der Waals surface area contributed by atoms with Crippen LogP contribution in [0.25, 0.3) is 6.08 Å². The fraction of sp³-hybridized carbons (Fsp3) is 0.318. The van der Waals surface area contributed by atoms with Crippen molar-refractivity contribution in [1.82, 2.24) is 10.2 Å². The van der Waals surface area contributed by atoms with Gasteiger partial charge in [0.25, 0.3) is 0 Å². The first-order valence-electron chi connectivity index (χ1n) is 9.37. The molecule has 3 rings (SSSR count). The predicted molar refractivity (Wildman–Crippen MR) is 108 cm³/mol. The number of hydrogen-bond acceptors (Lipinski definition) is 3. The summed E-state index contributed by atoms with van der Waals surface area (Å²) in [5.41, 5.74) is 2.07. The molecular formula is C22H26FN3O. The number of amides is 1. The molecule has 0 saturated carbocycles. The van der Waals surface area contributed by atoms with Gasteiger partial charge in [0.2, 0.25) is 5.91 Å². The van der Waals surface area contributed by atoms with E-state index in [4.69, 9.17) is 0 Å². The van der Waals surface area contributed by atoms with E-state index in [1.807, 2.05) is 6.07 Å². The van der Waals surface area contributed by atoms with Crippen molar-refractivity contribution in [2.24, 2.45) is 0 Å². The Kier molecular flexibility index (Phi) is 6.60. The number of nitrogens with zero attached hydrogens (tertiary/aromatic N) is 2. The van der Waals surface area contributed by atoms with Crippen molar-refractivity contribution in [3.63, 3.8) is 0 Å². The molecule has 0 spiro atoms. The lowest BCUT2D eigenvalue weighted by Gasteiger charge is -2.39. The first kappa shape index (κ1) is 19.1. The van der Waals surface area contributed by atoms with E-state index >= 15 is 0 Å². The molecule has 2 aromatic carbocycles. The zero-order valence-corrected chi connectivity index (χ0v) is 15.6. The van der Waals surface area contributed by atoms with Crippen molar-refractivity contribution < 1.29 is 9.18 Å². The van der Waals surface area contributed by atoms with E-state index < -0.39 is 0 Å². The molecule has 1 saturated heterocycles. The van der Waals surface area contributed by atoms with Crippen molar-refractivity contribution in [3.05, 3.63) is 72.1 Å². The van der Waals surface area contributed by atoms with Crippen LogP contribution in [0.3, 0.4) is 0 Å². The molecule has 1 fully saturated rings. The largest absolute Gasteiger partial charge is 0.369 e. The first-order chi connectivity index (χ1) is 13.1. The lowest BCUT2D eigenvalue weighted by Crippen LogP contribution is -2.52. The fourth-order valence-corrected chi connectivity index (χ4v) is 3.24. The standard InChI is InChI=1S/C22H26FN3O/c1-18(17-24-22(27)12-9-19-7-10-20(23)11-8-19)25-13-15-26(16-14-25)21-5-3-2-4-6-21/h2-12,18H,13-17H2,1H3,(H,24,27). The van der Waals surface area contributed by atoms with Crippen LogP contribution in [0.2, 0.25) is 0 Å². The third-order valence-electron chi connectivity index (χ3n) is 4.93. The smallest absolute Gasteiger partial charge is 0.244 e. The van der Waals surface area contributed by atoms with Crippen LogP contribution in [0.4, 0.5) is 10.1 Å². The Morgan fingerprint density at radius 3 is 2.41 bits per heavy atom. The van der Waals surface area contributed by atoms with Crippen molar-refractivity contribution in [2.45, 2.75) is 13.0 Å². The summed E-state index contributed by atoms with van der Waals surface area (Å²) in [6.45, 7) is 6.70. The van der Waals surface area contributed by atoms with Gasteiger partial charge in [0, 0.05) is 50.5 Å². The maximum Gasteiger partial charge on any atom is 0.244 e. The first-order valence-corrected chi connectivity index (χ1v) is 9.37. The number of piperazine rings is 1. The molecule has 1 amide bonds. The second kappa shape index (κ2) is 9.33. The molecule has 142 valence electrons. The molecule has 5 heteroatoms. The molecule has 4 nitrogen and oxygen atoms in total. The SMILES string of the molecule is CC(CNC(=O)C=Cc1ccc(F)cc1)N1CCN(c2ccccc2)CC1. The van der Waals surface area contributed by atoms with Gasteiger partial charge >= 0.3 is 0 Å². The zero-order chi connectivity index (χ0) is 19.1. The number of hydrogen-bond donors (Lipinski definition) is 1. The van der Waals surface area contributed by atoms with Gasteiger partial charge < -0.3 is 10.2 Å². The van der Waals surface area contributed by atoms with E-state index in [0.717, 1.165) is 31.7 Å². The number of carbonyl (C=O) groups excluding carboxylic acids is 1. The second-order valence-electron chi connectivity index (χ2n) is 6.84. The van der Waals surface area contributed by atoms with E-state index in [2.05, 4.69) is 46.3 Å². The van der Waals surface area contributed by atoms with Crippen LogP contribution in [0.1, 0.15) is 12.5 Å². The molecular weight excluding hydrogens is 341 g/mol. The third kappa shape index (κ3) is 5.66. The van der Waals surface area contributed by atoms with Gasteiger partial charge in [-0.2, -0.15) is 0 Å². The highest BCUT2D eigenvalue weighted by atomic mass is 19.1. The van der Waals surface area contributed by atoms with Crippen molar-refractivity contribution in [2.75, 3.05) is 37.6 Å². The number of rotatable bonds is 6. The predicted octanol–water partition coefficient (Wildman–Crippen LogP) is 3.17. The van der Waals surface area contributed by atoms with Gasteiger partial charge in [0.1, 0.15) is 5.82 Å². The quantitative estimate of drug-likeness (QED) is 0.797. The van der Waals surface area contributed by atoms with Gasteiger partial charge in [-0.05, 0) is 42.8 Å². The summed E-state index contributed by atoms with van der Waals surface area (Å²) in [4.78, 5) is 16.8. The van der Waals surface area contributed by atoms with Crippen LogP contribution in [0.15, 0.2) is 60.7 Å². The highest BCUT2D eigenvalue weighted by Crippen LogP contribution is 2.16. The molecule has 1 unspecified atom stereocenters. The lowest BCUT2D eigenvalue weighted by atomic mass is 10.2. The van der Waals surface area contributed by atoms with Gasteiger partial charge in [-0.15, -0.1) is 0 Å². The highest BCUT2D eigenvalue weighted by Gasteiger charge is 2.21. The maximum atomic E-state index is 12.9. The molecule has 2 aromatic rings. The number of nitrogens with one attached hydrogen (secondary N) is 1. The second-order valence-corrected chi connectivity index (χ2v) is 6.84. The average molecular weight is 367 g/mol. The minimum atomic E-state index is -0.280. The summed E-state index contributed by atoms with van der Waals surface area (Å²) < 4.78 is 12.9. The van der Waals surface area contributed by atoms with Crippen LogP contribution < -0.4 is 10.2 Å². The number of carbonyl (C=O) groups is 1. The molecule has 0 radical (unpaired) electrons. The van der Waals surface area contributed by atoms with Crippen LogP contribution in [0.5, 0.6) is 0 Å². The van der Waals surface area contributed by atoms with Crippen LogP contribution in [-0.2, 0) is 4.79 Å².